The first-order valence-corrected chi connectivity index (χ1v) is 10.5. The molecule has 2 unspecified atom stereocenters. The second-order valence-electron chi connectivity index (χ2n) is 7.78. The first-order valence-electron chi connectivity index (χ1n) is 10.1. The maximum atomic E-state index is 14.1. The third-order valence-corrected chi connectivity index (χ3v) is 6.04. The molecule has 0 bridgehead atoms. The Morgan fingerprint density at radius 1 is 1.03 bits per heavy atom. The van der Waals surface area contributed by atoms with Crippen LogP contribution in [-0.4, -0.2) is 35.8 Å². The van der Waals surface area contributed by atoms with Crippen molar-refractivity contribution in [3.63, 3.8) is 0 Å². The molecule has 0 radical (unpaired) electrons. The minimum Gasteiger partial charge on any atom is -0.382 e. The van der Waals surface area contributed by atoms with Crippen molar-refractivity contribution in [1.82, 2.24) is 4.90 Å². The standard InChI is InChI=1S/C25H25ClFNO2/c26-23-12-5-4-9-20(23)16-25(29,21-10-6-11-22(27)15-21)24-18-28(13-14-30-24)17-19-7-2-1-3-8-19/h1-12,15,24,29H,13-14,16-18H2. The van der Waals surface area contributed by atoms with Crippen LogP contribution < -0.4 is 0 Å². The van der Waals surface area contributed by atoms with Crippen LogP contribution in [0.25, 0.3) is 0 Å². The van der Waals surface area contributed by atoms with E-state index in [9.17, 15) is 9.50 Å². The molecule has 3 aromatic rings. The molecule has 1 saturated heterocycles. The van der Waals surface area contributed by atoms with Gasteiger partial charge in [0.25, 0.3) is 0 Å². The van der Waals surface area contributed by atoms with Crippen molar-refractivity contribution >= 4 is 11.6 Å². The molecule has 0 spiro atoms. The highest BCUT2D eigenvalue weighted by Crippen LogP contribution is 2.35. The lowest BCUT2D eigenvalue weighted by atomic mass is 9.81. The fourth-order valence-corrected chi connectivity index (χ4v) is 4.27. The van der Waals surface area contributed by atoms with Gasteiger partial charge >= 0.3 is 0 Å². The third kappa shape index (κ3) is 4.73. The highest BCUT2D eigenvalue weighted by molar-refractivity contribution is 6.31. The van der Waals surface area contributed by atoms with Crippen LogP contribution in [0.3, 0.4) is 0 Å². The number of ether oxygens (including phenoxy) is 1. The van der Waals surface area contributed by atoms with Gasteiger partial charge in [0.1, 0.15) is 17.5 Å². The molecule has 0 amide bonds. The molecule has 156 valence electrons. The van der Waals surface area contributed by atoms with Gasteiger partial charge in [0, 0.05) is 31.1 Å². The number of rotatable bonds is 6. The average molecular weight is 426 g/mol. The van der Waals surface area contributed by atoms with E-state index in [1.165, 1.54) is 17.7 Å². The zero-order valence-electron chi connectivity index (χ0n) is 16.7. The highest BCUT2D eigenvalue weighted by Gasteiger charge is 2.42. The van der Waals surface area contributed by atoms with Crippen molar-refractivity contribution in [3.05, 3.63) is 106 Å². The van der Waals surface area contributed by atoms with E-state index in [2.05, 4.69) is 17.0 Å². The van der Waals surface area contributed by atoms with Gasteiger partial charge in [-0.25, -0.2) is 4.39 Å². The zero-order valence-corrected chi connectivity index (χ0v) is 17.4. The van der Waals surface area contributed by atoms with Gasteiger partial charge < -0.3 is 9.84 Å². The van der Waals surface area contributed by atoms with E-state index in [0.29, 0.717) is 23.7 Å². The molecule has 0 aromatic heterocycles. The lowest BCUT2D eigenvalue weighted by molar-refractivity contribution is -0.149. The normalized spacial score (nSPS) is 19.4. The van der Waals surface area contributed by atoms with E-state index in [0.717, 1.165) is 18.7 Å². The van der Waals surface area contributed by atoms with Crippen LogP contribution >= 0.6 is 11.6 Å². The van der Waals surface area contributed by atoms with E-state index < -0.39 is 11.7 Å². The van der Waals surface area contributed by atoms with Gasteiger partial charge in [-0.2, -0.15) is 0 Å². The lowest BCUT2D eigenvalue weighted by Crippen LogP contribution is -2.53. The molecule has 0 aliphatic carbocycles. The summed E-state index contributed by atoms with van der Waals surface area (Å²) in [6.07, 6.45) is -0.284. The van der Waals surface area contributed by atoms with Gasteiger partial charge in [0.2, 0.25) is 0 Å². The van der Waals surface area contributed by atoms with Crippen LogP contribution in [0.5, 0.6) is 0 Å². The first kappa shape index (κ1) is 21.0. The monoisotopic (exact) mass is 425 g/mol. The zero-order chi connectivity index (χ0) is 21.0. The van der Waals surface area contributed by atoms with Gasteiger partial charge in [0.05, 0.1) is 6.61 Å². The van der Waals surface area contributed by atoms with Gasteiger partial charge in [-0.15, -0.1) is 0 Å². The molecule has 3 nitrogen and oxygen atoms in total. The summed E-state index contributed by atoms with van der Waals surface area (Å²) in [5.74, 6) is -0.387. The summed E-state index contributed by atoms with van der Waals surface area (Å²) in [5.41, 5.74) is 1.09. The SMILES string of the molecule is OC(Cc1ccccc1Cl)(c1cccc(F)c1)C1CN(Cc2ccccc2)CCO1. The van der Waals surface area contributed by atoms with Crippen molar-refractivity contribution in [2.75, 3.05) is 19.7 Å². The lowest BCUT2D eigenvalue weighted by Gasteiger charge is -2.42. The largest absolute Gasteiger partial charge is 0.382 e. The number of morpholine rings is 1. The fourth-order valence-electron chi connectivity index (χ4n) is 4.07. The Morgan fingerprint density at radius 2 is 1.80 bits per heavy atom. The van der Waals surface area contributed by atoms with Crippen LogP contribution in [-0.2, 0) is 23.3 Å². The average Bonchev–Trinajstić information content (AvgIpc) is 2.76. The van der Waals surface area contributed by atoms with Crippen molar-refractivity contribution in [3.8, 4) is 0 Å². The summed E-state index contributed by atoms with van der Waals surface area (Å²) in [7, 11) is 0. The molecular weight excluding hydrogens is 401 g/mol. The number of benzene rings is 3. The number of hydrogen-bond donors (Lipinski definition) is 1. The molecule has 1 aliphatic rings. The molecule has 3 aromatic carbocycles. The van der Waals surface area contributed by atoms with Gasteiger partial charge in [-0.05, 0) is 34.9 Å². The third-order valence-electron chi connectivity index (χ3n) is 5.67. The molecule has 30 heavy (non-hydrogen) atoms. The molecule has 5 heteroatoms. The van der Waals surface area contributed by atoms with Crippen molar-refractivity contribution in [2.24, 2.45) is 0 Å². The maximum Gasteiger partial charge on any atom is 0.123 e. The van der Waals surface area contributed by atoms with Crippen LogP contribution in [0.2, 0.25) is 5.02 Å². The number of hydrogen-bond acceptors (Lipinski definition) is 3. The Labute approximate surface area is 181 Å². The molecule has 1 fully saturated rings. The van der Waals surface area contributed by atoms with Crippen LogP contribution in [0, 0.1) is 5.82 Å². The fraction of sp³-hybridized carbons (Fsp3) is 0.280. The number of nitrogens with zero attached hydrogens (tertiary/aromatic N) is 1. The van der Waals surface area contributed by atoms with Gasteiger partial charge in [0.15, 0.2) is 0 Å². The first-order chi connectivity index (χ1) is 14.5. The van der Waals surface area contributed by atoms with E-state index in [4.69, 9.17) is 16.3 Å². The Hall–Kier alpha value is -2.24. The Balaban J connectivity index is 1.64. The Bertz CT molecular complexity index is 984. The summed E-state index contributed by atoms with van der Waals surface area (Å²) >= 11 is 6.39. The van der Waals surface area contributed by atoms with Crippen molar-refractivity contribution in [1.29, 1.82) is 0 Å². The summed E-state index contributed by atoms with van der Waals surface area (Å²) in [6, 6.07) is 23.8. The summed E-state index contributed by atoms with van der Waals surface area (Å²) in [6.45, 7) is 2.58. The topological polar surface area (TPSA) is 32.7 Å². The number of aliphatic hydroxyl groups is 1. The molecular formula is C25H25ClFNO2. The summed E-state index contributed by atoms with van der Waals surface area (Å²) < 4.78 is 20.1. The van der Waals surface area contributed by atoms with E-state index in [-0.39, 0.29) is 12.2 Å². The predicted octanol–water partition coefficient (Wildman–Crippen LogP) is 4.81. The summed E-state index contributed by atoms with van der Waals surface area (Å²) in [4.78, 5) is 2.26. The Morgan fingerprint density at radius 3 is 2.57 bits per heavy atom. The molecule has 4 rings (SSSR count). The predicted molar refractivity (Wildman–Crippen MR) is 117 cm³/mol. The molecule has 1 N–H and O–H groups in total. The van der Waals surface area contributed by atoms with Gasteiger partial charge in [-0.1, -0.05) is 72.3 Å². The van der Waals surface area contributed by atoms with Crippen molar-refractivity contribution < 1.29 is 14.2 Å². The smallest absolute Gasteiger partial charge is 0.123 e. The van der Waals surface area contributed by atoms with E-state index in [1.807, 2.05) is 36.4 Å². The minimum absolute atomic E-state index is 0.236. The van der Waals surface area contributed by atoms with Crippen LogP contribution in [0.1, 0.15) is 16.7 Å². The van der Waals surface area contributed by atoms with E-state index >= 15 is 0 Å². The molecule has 2 atom stereocenters. The molecule has 1 aliphatic heterocycles. The van der Waals surface area contributed by atoms with Crippen LogP contribution in [0.4, 0.5) is 4.39 Å². The van der Waals surface area contributed by atoms with Crippen molar-refractivity contribution in [2.45, 2.75) is 24.7 Å². The quantitative estimate of drug-likeness (QED) is 0.615. The number of halogens is 2. The highest BCUT2D eigenvalue weighted by atomic mass is 35.5. The molecule has 1 heterocycles. The minimum atomic E-state index is -1.41. The summed E-state index contributed by atoms with van der Waals surface area (Å²) in [5, 5.41) is 12.5. The van der Waals surface area contributed by atoms with Gasteiger partial charge in [-0.3, -0.25) is 4.90 Å². The molecule has 0 saturated carbocycles. The second kappa shape index (κ2) is 9.27. The Kier molecular flexibility index (Phi) is 6.49. The maximum absolute atomic E-state index is 14.1. The van der Waals surface area contributed by atoms with E-state index in [1.54, 1.807) is 18.2 Å². The second-order valence-corrected chi connectivity index (χ2v) is 8.19. The van der Waals surface area contributed by atoms with Crippen LogP contribution in [0.15, 0.2) is 78.9 Å².